The van der Waals surface area contributed by atoms with Gasteiger partial charge >= 0.3 is 0 Å². The lowest BCUT2D eigenvalue weighted by atomic mass is 10.0. The number of H-pyrrole nitrogens is 1. The number of hydrogen-bond donors (Lipinski definition) is 2. The number of nitrogens with one attached hydrogen (secondary N) is 2. The van der Waals surface area contributed by atoms with Gasteiger partial charge in [0.25, 0.3) is 0 Å². The maximum absolute atomic E-state index is 15.3. The van der Waals surface area contributed by atoms with E-state index >= 15 is 4.39 Å². The number of fused-ring (bicyclic) bond motifs is 2. The van der Waals surface area contributed by atoms with Crippen molar-refractivity contribution in [3.8, 4) is 11.1 Å². The highest BCUT2D eigenvalue weighted by atomic mass is 19.1. The Labute approximate surface area is 204 Å². The van der Waals surface area contributed by atoms with E-state index in [1.807, 2.05) is 19.3 Å². The third-order valence-corrected chi connectivity index (χ3v) is 7.77. The zero-order valence-electron chi connectivity index (χ0n) is 20.7. The molecule has 2 saturated heterocycles. The smallest absolute Gasteiger partial charge is 0.224 e. The van der Waals surface area contributed by atoms with Crippen LogP contribution in [-0.2, 0) is 0 Å². The third kappa shape index (κ3) is 4.16. The van der Waals surface area contributed by atoms with Crippen LogP contribution in [0, 0.1) is 12.7 Å². The summed E-state index contributed by atoms with van der Waals surface area (Å²) < 4.78 is 17.5. The summed E-state index contributed by atoms with van der Waals surface area (Å²) in [7, 11) is 4.31. The zero-order valence-corrected chi connectivity index (χ0v) is 20.7. The number of halogens is 1. The number of benzene rings is 1. The van der Waals surface area contributed by atoms with Crippen LogP contribution in [0.1, 0.15) is 37.5 Å². The summed E-state index contributed by atoms with van der Waals surface area (Å²) in [6, 6.07) is 4.38. The highest BCUT2D eigenvalue weighted by Crippen LogP contribution is 2.35. The number of likely N-dealkylation sites (tertiary alicyclic amines) is 2. The highest BCUT2D eigenvalue weighted by Gasteiger charge is 2.24. The van der Waals surface area contributed by atoms with Crippen molar-refractivity contribution in [1.29, 1.82) is 0 Å². The highest BCUT2D eigenvalue weighted by molar-refractivity contribution is 5.96. The number of rotatable bonds is 4. The average Bonchev–Trinajstić information content (AvgIpc) is 3.42. The number of nitrogens with zero attached hydrogens (tertiary/aromatic N) is 6. The minimum Gasteiger partial charge on any atom is -0.351 e. The van der Waals surface area contributed by atoms with Gasteiger partial charge in [-0.3, -0.25) is 0 Å². The number of piperidine rings is 2. The summed E-state index contributed by atoms with van der Waals surface area (Å²) >= 11 is 0. The maximum Gasteiger partial charge on any atom is 0.224 e. The number of imidazole rings is 1. The molecule has 9 heteroatoms. The first-order chi connectivity index (χ1) is 17.0. The second-order valence-corrected chi connectivity index (χ2v) is 10.3. The monoisotopic (exact) mass is 476 g/mol. The van der Waals surface area contributed by atoms with Crippen LogP contribution in [0.5, 0.6) is 0 Å². The average molecular weight is 477 g/mol. The molecule has 0 unspecified atom stereocenters. The fourth-order valence-corrected chi connectivity index (χ4v) is 5.69. The topological polar surface area (TPSA) is 77.9 Å². The Balaban J connectivity index is 1.34. The Morgan fingerprint density at radius 1 is 1.00 bits per heavy atom. The maximum atomic E-state index is 15.3. The van der Waals surface area contributed by atoms with E-state index < -0.39 is 0 Å². The van der Waals surface area contributed by atoms with E-state index in [1.54, 1.807) is 6.07 Å². The van der Waals surface area contributed by atoms with Crippen molar-refractivity contribution in [1.82, 2.24) is 34.3 Å². The lowest BCUT2D eigenvalue weighted by molar-refractivity contribution is 0.222. The van der Waals surface area contributed by atoms with Gasteiger partial charge < -0.3 is 24.7 Å². The third-order valence-electron chi connectivity index (χ3n) is 7.77. The molecule has 2 aliphatic rings. The van der Waals surface area contributed by atoms with Crippen LogP contribution in [0.25, 0.3) is 33.2 Å². The lowest BCUT2D eigenvalue weighted by Gasteiger charge is -2.30. The van der Waals surface area contributed by atoms with Gasteiger partial charge in [0.1, 0.15) is 17.0 Å². The van der Waals surface area contributed by atoms with Crippen LogP contribution in [-0.4, -0.2) is 80.6 Å². The van der Waals surface area contributed by atoms with Gasteiger partial charge in [-0.05, 0) is 90.6 Å². The van der Waals surface area contributed by atoms with Crippen LogP contribution >= 0.6 is 0 Å². The van der Waals surface area contributed by atoms with Gasteiger partial charge in [0.05, 0.1) is 5.52 Å². The molecule has 0 amide bonds. The molecule has 0 bridgehead atoms. The molecule has 6 rings (SSSR count). The Kier molecular flexibility index (Phi) is 5.69. The largest absolute Gasteiger partial charge is 0.351 e. The molecule has 8 nitrogen and oxygen atoms in total. The van der Waals surface area contributed by atoms with Crippen molar-refractivity contribution in [3.63, 3.8) is 0 Å². The van der Waals surface area contributed by atoms with Gasteiger partial charge in [-0.15, -0.1) is 0 Å². The minimum absolute atomic E-state index is 0.289. The molecule has 5 heterocycles. The molecular formula is C26H33FN8. The van der Waals surface area contributed by atoms with Gasteiger partial charge in [0.15, 0.2) is 5.82 Å². The Morgan fingerprint density at radius 2 is 1.71 bits per heavy atom. The van der Waals surface area contributed by atoms with E-state index in [9.17, 15) is 0 Å². The summed E-state index contributed by atoms with van der Waals surface area (Å²) in [5.74, 6) is 1.22. The molecule has 0 saturated carbocycles. The first-order valence-electron chi connectivity index (χ1n) is 12.6. The van der Waals surface area contributed by atoms with Gasteiger partial charge in [0, 0.05) is 35.4 Å². The molecular weight excluding hydrogens is 443 g/mol. The fraction of sp³-hybridized carbons (Fsp3) is 0.500. The van der Waals surface area contributed by atoms with Crippen molar-refractivity contribution >= 4 is 28.0 Å². The summed E-state index contributed by atoms with van der Waals surface area (Å²) in [5.41, 5.74) is 3.79. The lowest BCUT2D eigenvalue weighted by Crippen LogP contribution is -2.37. The summed E-state index contributed by atoms with van der Waals surface area (Å²) in [4.78, 5) is 21.9. The van der Waals surface area contributed by atoms with E-state index in [-0.39, 0.29) is 5.82 Å². The van der Waals surface area contributed by atoms with E-state index in [4.69, 9.17) is 4.98 Å². The second kappa shape index (κ2) is 8.87. The van der Waals surface area contributed by atoms with Gasteiger partial charge in [-0.25, -0.2) is 14.4 Å². The molecule has 4 aromatic rings. The fourth-order valence-electron chi connectivity index (χ4n) is 5.69. The Morgan fingerprint density at radius 3 is 2.46 bits per heavy atom. The van der Waals surface area contributed by atoms with Crippen molar-refractivity contribution in [2.45, 2.75) is 44.7 Å². The number of anilines is 1. The molecule has 184 valence electrons. The molecule has 0 aliphatic carbocycles. The van der Waals surface area contributed by atoms with Crippen molar-refractivity contribution in [2.75, 3.05) is 45.6 Å². The SMILES string of the molecule is Cc1nc2c(F)cc(-c3c[nH]c4nc(NC5CCN(C)CC5)ncc34)cc2n1C1CCN(C)CC1. The molecule has 2 fully saturated rings. The molecule has 35 heavy (non-hydrogen) atoms. The first kappa shape index (κ1) is 22.4. The summed E-state index contributed by atoms with van der Waals surface area (Å²) in [5, 5.41) is 4.37. The number of aryl methyl sites for hydroxylation is 1. The standard InChI is InChI=1S/C26H33FN8/c1-16-30-24-22(27)12-17(13-23(24)35(16)19-6-10-34(3)11-7-19)20-14-28-25-21(20)15-29-26(32-25)31-18-4-8-33(2)9-5-18/h12-15,18-19H,4-11H2,1-3H3,(H2,28,29,31,32). The Hall–Kier alpha value is -3.04. The molecule has 0 radical (unpaired) electrons. The first-order valence-corrected chi connectivity index (χ1v) is 12.6. The van der Waals surface area contributed by atoms with E-state index in [0.717, 1.165) is 85.4 Å². The van der Waals surface area contributed by atoms with E-state index in [2.05, 4.69) is 54.8 Å². The molecule has 0 atom stereocenters. The van der Waals surface area contributed by atoms with E-state index in [1.165, 1.54) is 0 Å². The predicted octanol–water partition coefficient (Wildman–Crippen LogP) is 4.19. The van der Waals surface area contributed by atoms with Crippen LogP contribution in [0.2, 0.25) is 0 Å². The minimum atomic E-state index is -0.289. The second-order valence-electron chi connectivity index (χ2n) is 10.3. The van der Waals surface area contributed by atoms with Crippen LogP contribution in [0.15, 0.2) is 24.5 Å². The summed E-state index contributed by atoms with van der Waals surface area (Å²) in [6.07, 6.45) is 8.00. The predicted molar refractivity (Wildman–Crippen MR) is 137 cm³/mol. The van der Waals surface area contributed by atoms with Crippen molar-refractivity contribution in [2.24, 2.45) is 0 Å². The van der Waals surface area contributed by atoms with Crippen LogP contribution in [0.4, 0.5) is 10.3 Å². The molecule has 3 aromatic heterocycles. The Bertz CT molecular complexity index is 1360. The number of hydrogen-bond acceptors (Lipinski definition) is 6. The van der Waals surface area contributed by atoms with E-state index in [0.29, 0.717) is 23.5 Å². The van der Waals surface area contributed by atoms with Crippen molar-refractivity contribution < 1.29 is 4.39 Å². The molecule has 2 aliphatic heterocycles. The van der Waals surface area contributed by atoms with Gasteiger partial charge in [0.2, 0.25) is 5.95 Å². The number of aromatic nitrogens is 5. The summed E-state index contributed by atoms with van der Waals surface area (Å²) in [6.45, 7) is 6.22. The number of aromatic amines is 1. The van der Waals surface area contributed by atoms with Crippen LogP contribution < -0.4 is 5.32 Å². The normalized spacial score (nSPS) is 19.2. The van der Waals surface area contributed by atoms with Crippen LogP contribution in [0.3, 0.4) is 0 Å². The molecule has 0 spiro atoms. The van der Waals surface area contributed by atoms with Gasteiger partial charge in [-0.2, -0.15) is 4.98 Å². The molecule has 1 aromatic carbocycles. The molecule has 2 N–H and O–H groups in total. The van der Waals surface area contributed by atoms with Crippen molar-refractivity contribution in [3.05, 3.63) is 36.2 Å². The quantitative estimate of drug-likeness (QED) is 0.460. The zero-order chi connectivity index (χ0) is 24.1. The van der Waals surface area contributed by atoms with Gasteiger partial charge in [-0.1, -0.05) is 0 Å².